The van der Waals surface area contributed by atoms with Gasteiger partial charge in [-0.15, -0.1) is 0 Å². The number of hydrogen-bond donors (Lipinski definition) is 1. The van der Waals surface area contributed by atoms with Crippen molar-refractivity contribution < 1.29 is 28.5 Å². The molecule has 0 unspecified atom stereocenters. The Hall–Kier alpha value is -3.26. The third-order valence-corrected chi connectivity index (χ3v) is 7.15. The van der Waals surface area contributed by atoms with Gasteiger partial charge in [-0.25, -0.2) is 0 Å². The molecule has 1 N–H and O–H groups in total. The molecule has 0 fully saturated rings. The number of nitrogens with one attached hydrogen (secondary N) is 1. The molecule has 0 saturated heterocycles. The van der Waals surface area contributed by atoms with E-state index in [1.807, 2.05) is 38.1 Å². The minimum atomic E-state index is -0.928. The highest BCUT2D eigenvalue weighted by molar-refractivity contribution is 5.96. The van der Waals surface area contributed by atoms with E-state index in [4.69, 9.17) is 18.9 Å². The Bertz CT molecular complexity index is 1180. The second-order valence-electron chi connectivity index (χ2n) is 12.1. The van der Waals surface area contributed by atoms with Crippen molar-refractivity contribution in [2.75, 3.05) is 20.1 Å². The maximum atomic E-state index is 11.9. The van der Waals surface area contributed by atoms with Gasteiger partial charge in [0.15, 0.2) is 11.6 Å². The first kappa shape index (κ1) is 33.9. The molecule has 0 amide bonds. The molecule has 0 radical (unpaired) electrons. The van der Waals surface area contributed by atoms with Gasteiger partial charge < -0.3 is 18.9 Å². The molecular weight excluding hydrogens is 518 g/mol. The lowest BCUT2D eigenvalue weighted by Crippen LogP contribution is -2.37. The molecule has 2 rings (SSSR count). The van der Waals surface area contributed by atoms with Crippen molar-refractivity contribution in [3.63, 3.8) is 0 Å². The molecule has 0 saturated carbocycles. The number of carbonyl (C=O) groups excluding carboxylic acids is 2. The van der Waals surface area contributed by atoms with Gasteiger partial charge in [0.1, 0.15) is 41.8 Å². The summed E-state index contributed by atoms with van der Waals surface area (Å²) in [6.07, 6.45) is 3.18. The highest BCUT2D eigenvalue weighted by Gasteiger charge is 2.29. The van der Waals surface area contributed by atoms with Crippen LogP contribution in [0.25, 0.3) is 0 Å². The molecule has 2 aromatic rings. The van der Waals surface area contributed by atoms with E-state index >= 15 is 0 Å². The molecule has 0 heterocycles. The summed E-state index contributed by atoms with van der Waals surface area (Å²) in [5.41, 5.74) is -0.233. The van der Waals surface area contributed by atoms with E-state index < -0.39 is 16.8 Å². The quantitative estimate of drug-likeness (QED) is 0.125. The van der Waals surface area contributed by atoms with Crippen LogP contribution in [0.15, 0.2) is 73.8 Å². The van der Waals surface area contributed by atoms with Gasteiger partial charge >= 0.3 is 0 Å². The fraction of sp³-hybridized carbons (Fsp3) is 0.471. The second-order valence-corrected chi connectivity index (χ2v) is 12.1. The lowest BCUT2D eigenvalue weighted by atomic mass is 9.78. The van der Waals surface area contributed by atoms with Crippen LogP contribution in [0.4, 0.5) is 0 Å². The Kier molecular flexibility index (Phi) is 11.7. The Morgan fingerprint density at radius 1 is 0.707 bits per heavy atom. The van der Waals surface area contributed by atoms with Crippen LogP contribution in [0, 0.1) is 0 Å². The van der Waals surface area contributed by atoms with Crippen molar-refractivity contribution in [1.29, 1.82) is 0 Å². The average molecular weight is 566 g/mol. The topological polar surface area (TPSA) is 83.1 Å². The van der Waals surface area contributed by atoms with E-state index in [9.17, 15) is 9.59 Å². The van der Waals surface area contributed by atoms with Gasteiger partial charge in [0.2, 0.25) is 0 Å². The van der Waals surface area contributed by atoms with E-state index in [0.29, 0.717) is 13.0 Å². The van der Waals surface area contributed by atoms with Crippen LogP contribution in [0.5, 0.6) is 11.5 Å². The van der Waals surface area contributed by atoms with Gasteiger partial charge in [-0.1, -0.05) is 51.3 Å². The summed E-state index contributed by atoms with van der Waals surface area (Å²) in [6, 6.07) is 16.1. The molecule has 224 valence electrons. The smallest absolute Gasteiger partial charge is 0.186 e. The molecular formula is C34H47NO6. The SMILES string of the molecule is C=CC(=O)C(C)(C)OCCC(C)(C)Oc1ccc(C(C)(C)c2ccc(OCNCOC(C)(C)C(=O)C=C)cc2)cc1. The minimum Gasteiger partial charge on any atom is -0.488 e. The zero-order valence-electron chi connectivity index (χ0n) is 26.0. The van der Waals surface area contributed by atoms with Crippen molar-refractivity contribution in [3.05, 3.63) is 85.0 Å². The van der Waals surface area contributed by atoms with Crippen LogP contribution in [-0.4, -0.2) is 48.4 Å². The van der Waals surface area contributed by atoms with Crippen LogP contribution in [0.2, 0.25) is 0 Å². The first-order valence-corrected chi connectivity index (χ1v) is 13.9. The molecule has 41 heavy (non-hydrogen) atoms. The molecule has 7 heteroatoms. The third-order valence-electron chi connectivity index (χ3n) is 7.15. The van der Waals surface area contributed by atoms with Gasteiger partial charge in [0.05, 0.1) is 6.61 Å². The summed E-state index contributed by atoms with van der Waals surface area (Å²) in [5.74, 6) is 1.19. The van der Waals surface area contributed by atoms with Crippen molar-refractivity contribution in [1.82, 2.24) is 5.32 Å². The first-order valence-electron chi connectivity index (χ1n) is 13.9. The van der Waals surface area contributed by atoms with Crippen molar-refractivity contribution in [2.24, 2.45) is 0 Å². The van der Waals surface area contributed by atoms with E-state index in [1.165, 1.54) is 12.2 Å². The lowest BCUT2D eigenvalue weighted by Gasteiger charge is -2.30. The zero-order chi connectivity index (χ0) is 30.9. The van der Waals surface area contributed by atoms with Crippen molar-refractivity contribution in [3.8, 4) is 11.5 Å². The largest absolute Gasteiger partial charge is 0.488 e. The van der Waals surface area contributed by atoms with Crippen molar-refractivity contribution in [2.45, 2.75) is 84.0 Å². The normalized spacial score (nSPS) is 12.5. The molecule has 2 aromatic carbocycles. The summed E-state index contributed by atoms with van der Waals surface area (Å²) in [5, 5.41) is 3.02. The predicted molar refractivity (Wildman–Crippen MR) is 163 cm³/mol. The Morgan fingerprint density at radius 3 is 1.66 bits per heavy atom. The summed E-state index contributed by atoms with van der Waals surface area (Å²) in [7, 11) is 0. The molecule has 0 bridgehead atoms. The first-order chi connectivity index (χ1) is 19.0. The highest BCUT2D eigenvalue weighted by Crippen LogP contribution is 2.34. The van der Waals surface area contributed by atoms with E-state index in [-0.39, 0.29) is 30.4 Å². The number of carbonyl (C=O) groups is 2. The number of ether oxygens (including phenoxy) is 4. The Balaban J connectivity index is 1.90. The second kappa shape index (κ2) is 14.1. The van der Waals surface area contributed by atoms with E-state index in [1.54, 1.807) is 27.7 Å². The predicted octanol–water partition coefficient (Wildman–Crippen LogP) is 6.54. The standard InChI is InChI=1S/C34H47NO6/c1-11-29(36)33(7,8)39-22-21-31(3,4)41-28-19-15-26(16-20-28)32(5,6)25-13-17-27(18-14-25)38-23-35-24-40-34(9,10)30(37)12-2/h11-20,35H,1-2,21-24H2,3-10H3. The molecule has 0 aliphatic carbocycles. The summed E-state index contributed by atoms with van der Waals surface area (Å²) in [6.45, 7) is 23.1. The minimum absolute atomic E-state index is 0.141. The zero-order valence-corrected chi connectivity index (χ0v) is 26.0. The van der Waals surface area contributed by atoms with E-state index in [2.05, 4.69) is 56.6 Å². The number of ketones is 2. The number of rotatable bonds is 18. The summed E-state index contributed by atoms with van der Waals surface area (Å²) < 4.78 is 23.4. The van der Waals surface area contributed by atoms with Crippen LogP contribution in [-0.2, 0) is 24.5 Å². The number of hydrogen-bond acceptors (Lipinski definition) is 7. The molecule has 0 atom stereocenters. The van der Waals surface area contributed by atoms with E-state index in [0.717, 1.165) is 22.6 Å². The fourth-order valence-corrected chi connectivity index (χ4v) is 4.04. The molecule has 0 aliphatic rings. The lowest BCUT2D eigenvalue weighted by molar-refractivity contribution is -0.136. The molecule has 7 nitrogen and oxygen atoms in total. The number of benzene rings is 2. The maximum absolute atomic E-state index is 11.9. The Labute approximate surface area is 245 Å². The van der Waals surface area contributed by atoms with Gasteiger partial charge in [-0.05, 0) is 89.1 Å². The third kappa shape index (κ3) is 9.95. The molecule has 0 spiro atoms. The van der Waals surface area contributed by atoms with Gasteiger partial charge in [0, 0.05) is 11.8 Å². The van der Waals surface area contributed by atoms with Crippen LogP contribution >= 0.6 is 0 Å². The highest BCUT2D eigenvalue weighted by atomic mass is 16.5. The van der Waals surface area contributed by atoms with Gasteiger partial charge in [0.25, 0.3) is 0 Å². The fourth-order valence-electron chi connectivity index (χ4n) is 4.04. The van der Waals surface area contributed by atoms with Crippen LogP contribution in [0.1, 0.15) is 72.9 Å². The van der Waals surface area contributed by atoms with Crippen LogP contribution < -0.4 is 14.8 Å². The average Bonchev–Trinajstić information content (AvgIpc) is 2.91. The van der Waals surface area contributed by atoms with Gasteiger partial charge in [-0.3, -0.25) is 14.9 Å². The summed E-state index contributed by atoms with van der Waals surface area (Å²) >= 11 is 0. The maximum Gasteiger partial charge on any atom is 0.186 e. The monoisotopic (exact) mass is 565 g/mol. The molecule has 0 aliphatic heterocycles. The van der Waals surface area contributed by atoms with Crippen LogP contribution in [0.3, 0.4) is 0 Å². The van der Waals surface area contributed by atoms with Gasteiger partial charge in [-0.2, -0.15) is 0 Å². The summed E-state index contributed by atoms with van der Waals surface area (Å²) in [4.78, 5) is 23.7. The van der Waals surface area contributed by atoms with Crippen molar-refractivity contribution >= 4 is 11.6 Å². The molecule has 0 aromatic heterocycles. The Morgan fingerprint density at radius 2 is 1.17 bits per heavy atom.